The third-order valence-electron chi connectivity index (χ3n) is 5.14. The SMILES string of the molecule is Cc1ccc(C)c(S(=O)(=O)NNS(=O)(=O)c2c(C)c(C)c(C)c(C)c2C)c1. The van der Waals surface area contributed by atoms with E-state index in [1.54, 1.807) is 39.8 Å². The molecule has 0 atom stereocenters. The van der Waals surface area contributed by atoms with E-state index in [1.165, 1.54) is 6.07 Å². The number of hydrogen-bond acceptors (Lipinski definition) is 4. The summed E-state index contributed by atoms with van der Waals surface area (Å²) in [7, 11) is -8.14. The summed E-state index contributed by atoms with van der Waals surface area (Å²) in [5, 5.41) is 0. The van der Waals surface area contributed by atoms with E-state index in [2.05, 4.69) is 4.83 Å². The lowest BCUT2D eigenvalue weighted by Crippen LogP contribution is -2.42. The number of sulfonamides is 2. The molecule has 6 nitrogen and oxygen atoms in total. The molecule has 0 unspecified atom stereocenters. The zero-order chi connectivity index (χ0) is 20.7. The fraction of sp³-hybridized carbons (Fsp3) is 0.368. The lowest BCUT2D eigenvalue weighted by molar-refractivity contribution is 0.556. The van der Waals surface area contributed by atoms with E-state index in [4.69, 9.17) is 0 Å². The van der Waals surface area contributed by atoms with Crippen molar-refractivity contribution in [1.29, 1.82) is 0 Å². The van der Waals surface area contributed by atoms with Gasteiger partial charge in [-0.05, 0) is 93.5 Å². The molecule has 0 aromatic heterocycles. The third-order valence-corrected chi connectivity index (χ3v) is 8.18. The summed E-state index contributed by atoms with van der Waals surface area (Å²) in [5.74, 6) is 0. The van der Waals surface area contributed by atoms with Crippen LogP contribution in [0.4, 0.5) is 0 Å². The van der Waals surface area contributed by atoms with Gasteiger partial charge < -0.3 is 0 Å². The first-order chi connectivity index (χ1) is 12.3. The fourth-order valence-corrected chi connectivity index (χ4v) is 6.12. The van der Waals surface area contributed by atoms with Gasteiger partial charge in [0.1, 0.15) is 0 Å². The van der Waals surface area contributed by atoms with Gasteiger partial charge in [-0.3, -0.25) is 0 Å². The lowest BCUT2D eigenvalue weighted by atomic mass is 9.95. The van der Waals surface area contributed by atoms with Crippen molar-refractivity contribution in [2.75, 3.05) is 0 Å². The van der Waals surface area contributed by atoms with E-state index in [1.807, 2.05) is 25.6 Å². The summed E-state index contributed by atoms with van der Waals surface area (Å²) in [6.45, 7) is 12.5. The van der Waals surface area contributed by atoms with E-state index in [9.17, 15) is 16.8 Å². The van der Waals surface area contributed by atoms with Gasteiger partial charge in [-0.25, -0.2) is 16.8 Å². The largest absolute Gasteiger partial charge is 0.254 e. The Hall–Kier alpha value is -1.74. The Balaban J connectivity index is 2.45. The van der Waals surface area contributed by atoms with Crippen molar-refractivity contribution in [3.63, 3.8) is 0 Å². The molecule has 0 bridgehead atoms. The minimum atomic E-state index is -4.09. The maximum Gasteiger partial charge on any atom is 0.254 e. The van der Waals surface area contributed by atoms with Crippen LogP contribution in [0.5, 0.6) is 0 Å². The predicted octanol–water partition coefficient (Wildman–Crippen LogP) is 3.02. The minimum absolute atomic E-state index is 0.0370. The van der Waals surface area contributed by atoms with Gasteiger partial charge in [-0.15, -0.1) is 9.66 Å². The Labute approximate surface area is 162 Å². The standard InChI is InChI=1S/C19H26N2O4S2/c1-11-8-9-12(2)18(10-11)26(22,23)20-21-27(24,25)19-16(6)14(4)13(3)15(5)17(19)7/h8-10,20-21H,1-7H3. The fourth-order valence-electron chi connectivity index (χ4n) is 3.08. The van der Waals surface area contributed by atoms with Crippen LogP contribution in [0.25, 0.3) is 0 Å². The van der Waals surface area contributed by atoms with Gasteiger partial charge in [0.05, 0.1) is 9.79 Å². The Bertz CT molecular complexity index is 1090. The van der Waals surface area contributed by atoms with E-state index in [0.29, 0.717) is 16.7 Å². The van der Waals surface area contributed by atoms with E-state index < -0.39 is 20.0 Å². The first-order valence-corrected chi connectivity index (χ1v) is 11.4. The van der Waals surface area contributed by atoms with Gasteiger partial charge in [0.2, 0.25) is 0 Å². The summed E-state index contributed by atoms with van der Waals surface area (Å²) >= 11 is 0. The zero-order valence-corrected chi connectivity index (χ0v) is 18.3. The highest BCUT2D eigenvalue weighted by Gasteiger charge is 2.26. The van der Waals surface area contributed by atoms with Crippen molar-refractivity contribution in [1.82, 2.24) is 9.66 Å². The molecule has 0 aliphatic carbocycles. The van der Waals surface area contributed by atoms with Gasteiger partial charge in [0, 0.05) is 0 Å². The quantitative estimate of drug-likeness (QED) is 0.741. The van der Waals surface area contributed by atoms with E-state index in [-0.39, 0.29) is 9.79 Å². The molecule has 0 aliphatic heterocycles. The molecule has 8 heteroatoms. The predicted molar refractivity (Wildman–Crippen MR) is 107 cm³/mol. The second-order valence-corrected chi connectivity index (χ2v) is 10.2. The van der Waals surface area contributed by atoms with Crippen LogP contribution in [0, 0.1) is 48.5 Å². The molecule has 2 aromatic rings. The monoisotopic (exact) mass is 410 g/mol. The molecule has 148 valence electrons. The first kappa shape index (κ1) is 21.6. The Kier molecular flexibility index (Phi) is 5.87. The highest BCUT2D eigenvalue weighted by molar-refractivity contribution is 7.92. The first-order valence-electron chi connectivity index (χ1n) is 8.47. The number of nitrogens with one attached hydrogen (secondary N) is 2. The molecule has 0 fully saturated rings. The van der Waals surface area contributed by atoms with Crippen LogP contribution in [0.3, 0.4) is 0 Å². The van der Waals surface area contributed by atoms with Gasteiger partial charge >= 0.3 is 0 Å². The molecule has 0 saturated carbocycles. The number of hydrazine groups is 1. The molecule has 2 aromatic carbocycles. The van der Waals surface area contributed by atoms with Crippen molar-refractivity contribution in [2.24, 2.45) is 0 Å². The van der Waals surface area contributed by atoms with Crippen LogP contribution in [0.2, 0.25) is 0 Å². The van der Waals surface area contributed by atoms with Crippen molar-refractivity contribution >= 4 is 20.0 Å². The normalized spacial score (nSPS) is 12.4. The minimum Gasteiger partial charge on any atom is -0.206 e. The average Bonchev–Trinajstić information content (AvgIpc) is 2.58. The summed E-state index contributed by atoms with van der Waals surface area (Å²) in [6, 6.07) is 4.98. The molecule has 2 N–H and O–H groups in total. The van der Waals surface area contributed by atoms with Gasteiger partial charge in [0.25, 0.3) is 20.0 Å². The van der Waals surface area contributed by atoms with Crippen LogP contribution < -0.4 is 9.66 Å². The van der Waals surface area contributed by atoms with E-state index in [0.717, 1.165) is 22.3 Å². The van der Waals surface area contributed by atoms with Crippen LogP contribution in [0.15, 0.2) is 28.0 Å². The lowest BCUT2D eigenvalue weighted by Gasteiger charge is -2.19. The van der Waals surface area contributed by atoms with Crippen molar-refractivity contribution < 1.29 is 16.8 Å². The van der Waals surface area contributed by atoms with Crippen LogP contribution in [-0.2, 0) is 20.0 Å². The van der Waals surface area contributed by atoms with Gasteiger partial charge in [0.15, 0.2) is 0 Å². The van der Waals surface area contributed by atoms with Gasteiger partial charge in [-0.2, -0.15) is 0 Å². The molecular formula is C19H26N2O4S2. The summed E-state index contributed by atoms with van der Waals surface area (Å²) < 4.78 is 51.0. The van der Waals surface area contributed by atoms with Crippen molar-refractivity contribution in [3.05, 3.63) is 57.1 Å². The number of benzene rings is 2. The van der Waals surface area contributed by atoms with Crippen molar-refractivity contribution in [2.45, 2.75) is 58.3 Å². The Morgan fingerprint density at radius 2 is 1.07 bits per heavy atom. The second kappa shape index (κ2) is 7.35. The van der Waals surface area contributed by atoms with Gasteiger partial charge in [-0.1, -0.05) is 12.1 Å². The molecule has 0 amide bonds. The number of aryl methyl sites for hydroxylation is 2. The third kappa shape index (κ3) is 4.08. The van der Waals surface area contributed by atoms with Crippen molar-refractivity contribution in [3.8, 4) is 0 Å². The maximum absolute atomic E-state index is 12.9. The number of rotatable bonds is 5. The highest BCUT2D eigenvalue weighted by Crippen LogP contribution is 2.29. The van der Waals surface area contributed by atoms with Crippen LogP contribution in [0.1, 0.15) is 38.9 Å². The summed E-state index contributed by atoms with van der Waals surface area (Å²) in [4.78, 5) is 4.22. The topological polar surface area (TPSA) is 92.3 Å². The molecule has 0 heterocycles. The Morgan fingerprint density at radius 3 is 1.59 bits per heavy atom. The highest BCUT2D eigenvalue weighted by atomic mass is 32.2. The molecular weight excluding hydrogens is 384 g/mol. The second-order valence-electron chi connectivity index (χ2n) is 6.93. The van der Waals surface area contributed by atoms with Crippen LogP contribution >= 0.6 is 0 Å². The molecule has 2 rings (SSSR count). The maximum atomic E-state index is 12.9. The summed E-state index contributed by atoms with van der Waals surface area (Å²) in [6.07, 6.45) is 0. The number of hydrogen-bond donors (Lipinski definition) is 2. The molecule has 0 spiro atoms. The van der Waals surface area contributed by atoms with E-state index >= 15 is 0 Å². The summed E-state index contributed by atoms with van der Waals surface area (Å²) in [5.41, 5.74) is 5.27. The molecule has 0 saturated heterocycles. The average molecular weight is 411 g/mol. The molecule has 0 aliphatic rings. The smallest absolute Gasteiger partial charge is 0.206 e. The Morgan fingerprint density at radius 1 is 0.630 bits per heavy atom. The zero-order valence-electron chi connectivity index (χ0n) is 16.7. The molecule has 0 radical (unpaired) electrons. The molecule has 27 heavy (non-hydrogen) atoms. The van der Waals surface area contributed by atoms with Crippen LogP contribution in [-0.4, -0.2) is 16.8 Å².